The van der Waals surface area contributed by atoms with Crippen molar-refractivity contribution in [3.05, 3.63) is 59.1 Å². The number of H-pyrrole nitrogens is 1. The summed E-state index contributed by atoms with van der Waals surface area (Å²) in [7, 11) is 0. The Balaban J connectivity index is 1.43. The van der Waals surface area contributed by atoms with E-state index >= 15 is 0 Å². The van der Waals surface area contributed by atoms with Gasteiger partial charge in [0.15, 0.2) is 5.16 Å². The average Bonchev–Trinajstić information content (AvgIpc) is 2.98. The van der Waals surface area contributed by atoms with Gasteiger partial charge in [0.1, 0.15) is 0 Å². The van der Waals surface area contributed by atoms with Crippen LogP contribution in [0.25, 0.3) is 11.0 Å². The molecule has 2 aromatic carbocycles. The van der Waals surface area contributed by atoms with Gasteiger partial charge < -0.3 is 10.3 Å². The van der Waals surface area contributed by atoms with Gasteiger partial charge in [-0.25, -0.2) is 4.98 Å². The highest BCUT2D eigenvalue weighted by molar-refractivity contribution is 7.99. The Hall–Kier alpha value is -1.98. The molecule has 0 saturated heterocycles. The van der Waals surface area contributed by atoms with Crippen molar-refractivity contribution >= 4 is 40.3 Å². The number of para-hydroxylation sites is 2. The van der Waals surface area contributed by atoms with Crippen molar-refractivity contribution in [2.75, 3.05) is 12.3 Å². The fourth-order valence-electron chi connectivity index (χ4n) is 2.18. The van der Waals surface area contributed by atoms with Crippen LogP contribution in [0.5, 0.6) is 0 Å². The average molecular weight is 346 g/mol. The number of fused-ring (bicyclic) bond motifs is 1. The number of benzene rings is 2. The molecular weight excluding hydrogens is 330 g/mol. The topological polar surface area (TPSA) is 57.8 Å². The van der Waals surface area contributed by atoms with Crippen molar-refractivity contribution < 1.29 is 4.79 Å². The van der Waals surface area contributed by atoms with Crippen LogP contribution >= 0.6 is 23.4 Å². The lowest BCUT2D eigenvalue weighted by Gasteiger charge is -2.04. The summed E-state index contributed by atoms with van der Waals surface area (Å²) in [5.41, 5.74) is 3.05. The maximum Gasteiger partial charge on any atom is 0.230 e. The number of thioether (sulfide) groups is 1. The standard InChI is InChI=1S/C17H16ClN3OS/c18-13-7-5-12(6-8-13)9-10-19-16(22)11-23-17-20-14-3-1-2-4-15(14)21-17/h1-8H,9-11H2,(H,19,22)(H,20,21). The second kappa shape index (κ2) is 7.53. The van der Waals surface area contributed by atoms with Crippen molar-refractivity contribution in [2.24, 2.45) is 0 Å². The molecule has 0 aliphatic heterocycles. The molecule has 23 heavy (non-hydrogen) atoms. The Morgan fingerprint density at radius 3 is 2.74 bits per heavy atom. The molecule has 4 nitrogen and oxygen atoms in total. The summed E-state index contributed by atoms with van der Waals surface area (Å²) in [4.78, 5) is 19.5. The summed E-state index contributed by atoms with van der Waals surface area (Å²) in [5, 5.41) is 4.40. The van der Waals surface area contributed by atoms with Crippen molar-refractivity contribution in [1.82, 2.24) is 15.3 Å². The molecule has 6 heteroatoms. The molecule has 0 spiro atoms. The number of rotatable bonds is 6. The molecule has 118 valence electrons. The van der Waals surface area contributed by atoms with Crippen LogP contribution < -0.4 is 5.32 Å². The maximum atomic E-state index is 11.9. The van der Waals surface area contributed by atoms with E-state index in [0.717, 1.165) is 33.2 Å². The van der Waals surface area contributed by atoms with Gasteiger partial charge in [0.25, 0.3) is 0 Å². The summed E-state index contributed by atoms with van der Waals surface area (Å²) in [6.45, 7) is 0.612. The number of halogens is 1. The predicted molar refractivity (Wildman–Crippen MR) is 95.0 cm³/mol. The molecule has 0 fully saturated rings. The molecule has 0 bridgehead atoms. The number of aromatic nitrogens is 2. The van der Waals surface area contributed by atoms with E-state index in [0.29, 0.717) is 12.3 Å². The van der Waals surface area contributed by atoms with E-state index in [4.69, 9.17) is 11.6 Å². The fourth-order valence-corrected chi connectivity index (χ4v) is 3.02. The van der Waals surface area contributed by atoms with Crippen LogP contribution in [0, 0.1) is 0 Å². The molecule has 3 rings (SSSR count). The minimum absolute atomic E-state index is 0.00409. The van der Waals surface area contributed by atoms with E-state index in [9.17, 15) is 4.79 Å². The second-order valence-corrected chi connectivity index (χ2v) is 6.47. The van der Waals surface area contributed by atoms with E-state index in [1.807, 2.05) is 48.5 Å². The third-order valence-corrected chi connectivity index (χ3v) is 4.48. The van der Waals surface area contributed by atoms with Gasteiger partial charge in [0.05, 0.1) is 16.8 Å². The Morgan fingerprint density at radius 2 is 1.96 bits per heavy atom. The number of carbonyl (C=O) groups is 1. The minimum atomic E-state index is 0.00409. The molecule has 1 heterocycles. The number of hydrogen-bond donors (Lipinski definition) is 2. The molecule has 0 unspecified atom stereocenters. The normalized spacial score (nSPS) is 10.8. The Morgan fingerprint density at radius 1 is 1.17 bits per heavy atom. The van der Waals surface area contributed by atoms with Crippen molar-refractivity contribution in [2.45, 2.75) is 11.6 Å². The van der Waals surface area contributed by atoms with E-state index in [-0.39, 0.29) is 5.91 Å². The van der Waals surface area contributed by atoms with Crippen molar-refractivity contribution in [3.63, 3.8) is 0 Å². The first-order valence-electron chi connectivity index (χ1n) is 7.29. The molecule has 0 radical (unpaired) electrons. The zero-order chi connectivity index (χ0) is 16.1. The lowest BCUT2D eigenvalue weighted by Crippen LogP contribution is -2.27. The number of amides is 1. The Labute approximate surface area is 143 Å². The van der Waals surface area contributed by atoms with Gasteiger partial charge in [0.2, 0.25) is 5.91 Å². The first kappa shape index (κ1) is 15.9. The van der Waals surface area contributed by atoms with Gasteiger partial charge in [0, 0.05) is 11.6 Å². The van der Waals surface area contributed by atoms with Gasteiger partial charge in [-0.15, -0.1) is 0 Å². The molecule has 1 amide bonds. The van der Waals surface area contributed by atoms with Crippen LogP contribution in [-0.4, -0.2) is 28.2 Å². The summed E-state index contributed by atoms with van der Waals surface area (Å²) in [6, 6.07) is 15.5. The van der Waals surface area contributed by atoms with Crippen LogP contribution in [-0.2, 0) is 11.2 Å². The molecule has 0 aliphatic rings. The maximum absolute atomic E-state index is 11.9. The third kappa shape index (κ3) is 4.50. The zero-order valence-corrected chi connectivity index (χ0v) is 14.0. The highest BCUT2D eigenvalue weighted by atomic mass is 35.5. The first-order valence-corrected chi connectivity index (χ1v) is 8.66. The fraction of sp³-hybridized carbons (Fsp3) is 0.176. The van der Waals surface area contributed by atoms with Gasteiger partial charge in [-0.1, -0.05) is 47.6 Å². The Kier molecular flexibility index (Phi) is 5.20. The van der Waals surface area contributed by atoms with Crippen LogP contribution in [0.15, 0.2) is 53.7 Å². The zero-order valence-electron chi connectivity index (χ0n) is 12.4. The SMILES string of the molecule is O=C(CSc1nc2ccccc2[nH]1)NCCc1ccc(Cl)cc1. The third-order valence-electron chi connectivity index (χ3n) is 3.36. The number of nitrogens with zero attached hydrogens (tertiary/aromatic N) is 1. The van der Waals surface area contributed by atoms with E-state index in [2.05, 4.69) is 15.3 Å². The van der Waals surface area contributed by atoms with Crippen LogP contribution in [0.4, 0.5) is 0 Å². The first-order chi connectivity index (χ1) is 11.2. The highest BCUT2D eigenvalue weighted by Crippen LogP contribution is 2.18. The molecule has 2 N–H and O–H groups in total. The number of aromatic amines is 1. The molecule has 0 aliphatic carbocycles. The predicted octanol–water partition coefficient (Wildman–Crippen LogP) is 3.67. The second-order valence-electron chi connectivity index (χ2n) is 5.07. The van der Waals surface area contributed by atoms with Crippen LogP contribution in [0.3, 0.4) is 0 Å². The largest absolute Gasteiger partial charge is 0.355 e. The molecular formula is C17H16ClN3OS. The lowest BCUT2D eigenvalue weighted by molar-refractivity contribution is -0.118. The molecule has 3 aromatic rings. The van der Waals surface area contributed by atoms with Gasteiger partial charge in [-0.05, 0) is 36.2 Å². The smallest absolute Gasteiger partial charge is 0.230 e. The van der Waals surface area contributed by atoms with Crippen LogP contribution in [0.2, 0.25) is 5.02 Å². The number of imidazole rings is 1. The van der Waals surface area contributed by atoms with Gasteiger partial charge in [-0.3, -0.25) is 4.79 Å². The number of carbonyl (C=O) groups excluding carboxylic acids is 1. The Bertz CT molecular complexity index is 768. The number of nitrogens with one attached hydrogen (secondary N) is 2. The molecule has 0 saturated carbocycles. The van der Waals surface area contributed by atoms with Crippen LogP contribution in [0.1, 0.15) is 5.56 Å². The van der Waals surface area contributed by atoms with E-state index in [1.165, 1.54) is 11.8 Å². The molecule has 0 atom stereocenters. The summed E-state index contributed by atoms with van der Waals surface area (Å²) in [6.07, 6.45) is 0.790. The van der Waals surface area contributed by atoms with Gasteiger partial charge in [-0.2, -0.15) is 0 Å². The highest BCUT2D eigenvalue weighted by Gasteiger charge is 2.06. The van der Waals surface area contributed by atoms with Crippen molar-refractivity contribution in [1.29, 1.82) is 0 Å². The van der Waals surface area contributed by atoms with Crippen molar-refractivity contribution in [3.8, 4) is 0 Å². The minimum Gasteiger partial charge on any atom is -0.355 e. The quantitative estimate of drug-likeness (QED) is 0.670. The van der Waals surface area contributed by atoms with Gasteiger partial charge >= 0.3 is 0 Å². The summed E-state index contributed by atoms with van der Waals surface area (Å²) >= 11 is 7.25. The lowest BCUT2D eigenvalue weighted by atomic mass is 10.1. The number of hydrogen-bond acceptors (Lipinski definition) is 3. The summed E-state index contributed by atoms with van der Waals surface area (Å²) in [5.74, 6) is 0.352. The van der Waals surface area contributed by atoms with E-state index < -0.39 is 0 Å². The molecule has 1 aromatic heterocycles. The summed E-state index contributed by atoms with van der Waals surface area (Å²) < 4.78 is 0. The monoisotopic (exact) mass is 345 g/mol. The van der Waals surface area contributed by atoms with E-state index in [1.54, 1.807) is 0 Å².